The predicted molar refractivity (Wildman–Crippen MR) is 185 cm³/mol. The maximum atomic E-state index is 13.6. The van der Waals surface area contributed by atoms with Crippen molar-refractivity contribution < 1.29 is 33.0 Å². The molecule has 0 fully saturated rings. The summed E-state index contributed by atoms with van der Waals surface area (Å²) in [5.41, 5.74) is 0. The van der Waals surface area contributed by atoms with Crippen molar-refractivity contribution in [2.45, 2.75) is 199 Å². The Labute approximate surface area is 268 Å². The van der Waals surface area contributed by atoms with Crippen LogP contribution in [0.5, 0.6) is 0 Å². The molecule has 0 radical (unpaired) electrons. The number of carbonyl (C=O) groups is 1. The number of hydrogen-bond donors (Lipinski definition) is 1. The Kier molecular flexibility index (Phi) is 19.9. The van der Waals surface area contributed by atoms with E-state index in [1.807, 2.05) is 0 Å². The number of hydrogen-bond acceptors (Lipinski definition) is 7. The zero-order valence-corrected chi connectivity index (χ0v) is 32.8. The highest BCUT2D eigenvalue weighted by molar-refractivity contribution is 6.74. The monoisotopic (exact) mass is 648 g/mol. The van der Waals surface area contributed by atoms with Crippen molar-refractivity contribution in [2.24, 2.45) is 0 Å². The third kappa shape index (κ3) is 17.3. The van der Waals surface area contributed by atoms with Crippen molar-refractivity contribution in [3.63, 3.8) is 0 Å². The molecule has 7 nitrogen and oxygen atoms in total. The lowest BCUT2D eigenvalue weighted by atomic mass is 10.0. The molecule has 9 heteroatoms. The average Bonchev–Trinajstić information content (AvgIpc) is 2.85. The van der Waals surface area contributed by atoms with Crippen molar-refractivity contribution in [1.29, 1.82) is 0 Å². The number of ether oxygens (including phenoxy) is 3. The van der Waals surface area contributed by atoms with Gasteiger partial charge in [0, 0.05) is 27.1 Å². The lowest BCUT2D eigenvalue weighted by molar-refractivity contribution is -0.154. The zero-order valence-electron chi connectivity index (χ0n) is 30.8. The van der Waals surface area contributed by atoms with Crippen LogP contribution in [0.4, 0.5) is 0 Å². The highest BCUT2D eigenvalue weighted by Gasteiger charge is 2.41. The maximum Gasteiger partial charge on any atom is 0.308 e. The molecule has 4 atom stereocenters. The van der Waals surface area contributed by atoms with Gasteiger partial charge in [-0.2, -0.15) is 0 Å². The molecule has 43 heavy (non-hydrogen) atoms. The van der Waals surface area contributed by atoms with Crippen molar-refractivity contribution in [1.82, 2.24) is 0 Å². The van der Waals surface area contributed by atoms with Gasteiger partial charge in [0.1, 0.15) is 6.10 Å². The van der Waals surface area contributed by atoms with E-state index in [4.69, 9.17) is 23.1 Å². The van der Waals surface area contributed by atoms with Crippen LogP contribution in [-0.2, 0) is 27.9 Å². The summed E-state index contributed by atoms with van der Waals surface area (Å²) in [6.07, 6.45) is 7.95. The minimum atomic E-state index is -2.17. The third-order valence-corrected chi connectivity index (χ3v) is 18.6. The molecule has 0 saturated carbocycles. The Morgan fingerprint density at radius 1 is 0.674 bits per heavy atom. The smallest absolute Gasteiger partial charge is 0.308 e. The third-order valence-electron chi connectivity index (χ3n) is 9.54. The first-order chi connectivity index (χ1) is 19.7. The number of rotatable bonds is 23. The van der Waals surface area contributed by atoms with Gasteiger partial charge in [-0.05, 0) is 61.9 Å². The van der Waals surface area contributed by atoms with E-state index in [2.05, 4.69) is 81.6 Å². The normalized spacial score (nSPS) is 16.3. The van der Waals surface area contributed by atoms with E-state index < -0.39 is 29.0 Å². The Morgan fingerprint density at radius 3 is 1.58 bits per heavy atom. The largest absolute Gasteiger partial charge is 0.462 e. The number of esters is 1. The second-order valence-electron chi connectivity index (χ2n) is 15.6. The summed E-state index contributed by atoms with van der Waals surface area (Å²) in [5.74, 6) is -0.257. The number of methoxy groups -OCH3 is 2. The lowest BCUT2D eigenvalue weighted by Gasteiger charge is -2.41. The van der Waals surface area contributed by atoms with Crippen molar-refractivity contribution in [3.05, 3.63) is 0 Å². The molecule has 258 valence electrons. The number of aliphatic hydroxyl groups is 1. The highest BCUT2D eigenvalue weighted by atomic mass is 28.4. The second kappa shape index (κ2) is 20.0. The van der Waals surface area contributed by atoms with Crippen LogP contribution < -0.4 is 0 Å². The van der Waals surface area contributed by atoms with Gasteiger partial charge in [-0.15, -0.1) is 0 Å². The first-order valence-corrected chi connectivity index (χ1v) is 22.8. The van der Waals surface area contributed by atoms with Crippen molar-refractivity contribution in [3.8, 4) is 0 Å². The van der Waals surface area contributed by atoms with Crippen LogP contribution >= 0.6 is 0 Å². The molecule has 0 aliphatic rings. The molecule has 0 unspecified atom stereocenters. The highest BCUT2D eigenvalue weighted by Crippen LogP contribution is 2.40. The van der Waals surface area contributed by atoms with E-state index in [-0.39, 0.29) is 40.8 Å². The van der Waals surface area contributed by atoms with E-state index in [0.717, 1.165) is 51.4 Å². The van der Waals surface area contributed by atoms with Gasteiger partial charge in [0.05, 0.1) is 24.7 Å². The SMILES string of the molecule is CCCCC[C@@H](O)C[C@H](CC(=O)O[C@H](CCCCC)C[C@H](CC(OC)OC)O[Si](C)(C)C(C)(C)C)O[Si](C)(C)C(C)(C)C. The van der Waals surface area contributed by atoms with E-state index in [9.17, 15) is 9.90 Å². The fourth-order valence-corrected chi connectivity index (χ4v) is 7.41. The van der Waals surface area contributed by atoms with Gasteiger partial charge in [0.15, 0.2) is 22.9 Å². The molecule has 0 saturated heterocycles. The van der Waals surface area contributed by atoms with Crippen LogP contribution in [0.25, 0.3) is 0 Å². The minimum absolute atomic E-state index is 0.00144. The van der Waals surface area contributed by atoms with Gasteiger partial charge in [-0.25, -0.2) is 0 Å². The Balaban J connectivity index is 5.95. The summed E-state index contributed by atoms with van der Waals surface area (Å²) in [6.45, 7) is 26.6. The molecule has 0 aromatic heterocycles. The number of carbonyl (C=O) groups excluding carboxylic acids is 1. The molecule has 0 aromatic carbocycles. The maximum absolute atomic E-state index is 13.6. The topological polar surface area (TPSA) is 83.5 Å². The minimum Gasteiger partial charge on any atom is -0.462 e. The molecule has 1 N–H and O–H groups in total. The molecule has 0 bridgehead atoms. The fourth-order valence-electron chi connectivity index (χ4n) is 4.67. The molecule has 0 heterocycles. The Hall–Kier alpha value is -0.296. The first kappa shape index (κ1) is 42.7. The zero-order chi connectivity index (χ0) is 33.5. The quantitative estimate of drug-likeness (QED) is 0.0511. The molecule has 0 spiro atoms. The van der Waals surface area contributed by atoms with Crippen molar-refractivity contribution in [2.75, 3.05) is 14.2 Å². The molecular formula is C34H72O7Si2. The van der Waals surface area contributed by atoms with E-state index in [1.54, 1.807) is 14.2 Å². The summed E-state index contributed by atoms with van der Waals surface area (Å²) < 4.78 is 31.0. The van der Waals surface area contributed by atoms with E-state index in [1.165, 1.54) is 0 Å². The van der Waals surface area contributed by atoms with Gasteiger partial charge < -0.3 is 28.2 Å². The van der Waals surface area contributed by atoms with Gasteiger partial charge >= 0.3 is 5.97 Å². The van der Waals surface area contributed by atoms with Crippen LogP contribution in [0.1, 0.15) is 132 Å². The van der Waals surface area contributed by atoms with Crippen LogP contribution in [0.15, 0.2) is 0 Å². The summed E-state index contributed by atoms with van der Waals surface area (Å²) >= 11 is 0. The van der Waals surface area contributed by atoms with Gasteiger partial charge in [0.2, 0.25) is 0 Å². The predicted octanol–water partition coefficient (Wildman–Crippen LogP) is 9.38. The molecule has 0 rings (SSSR count). The summed E-state index contributed by atoms with van der Waals surface area (Å²) in [7, 11) is -0.972. The fraction of sp³-hybridized carbons (Fsp3) is 0.971. The summed E-state index contributed by atoms with van der Waals surface area (Å²) in [6, 6.07) is 0. The molecule has 0 amide bonds. The summed E-state index contributed by atoms with van der Waals surface area (Å²) in [5, 5.41) is 10.9. The standard InChI is InChI=1S/C34H72O7Si2/c1-15-17-19-21-27(35)23-29(40-42(11,12)33(3,4)5)25-31(36)39-28(22-20-18-16-2)24-30(26-32(37-9)38-10)41-43(13,14)34(6,7)8/h27-30,32,35H,15-26H2,1-14H3/t27-,28-,29-,30-/m1/s1. The molecular weight excluding hydrogens is 577 g/mol. The molecule has 0 aliphatic carbocycles. The van der Waals surface area contributed by atoms with Gasteiger partial charge in [-0.3, -0.25) is 4.79 Å². The molecule has 0 aliphatic heterocycles. The van der Waals surface area contributed by atoms with Gasteiger partial charge in [-0.1, -0.05) is 87.5 Å². The Bertz CT molecular complexity index is 742. The van der Waals surface area contributed by atoms with E-state index >= 15 is 0 Å². The first-order valence-electron chi connectivity index (χ1n) is 17.0. The Morgan fingerprint density at radius 2 is 1.14 bits per heavy atom. The van der Waals surface area contributed by atoms with E-state index in [0.29, 0.717) is 19.3 Å². The van der Waals surface area contributed by atoms with Gasteiger partial charge in [0.25, 0.3) is 0 Å². The van der Waals surface area contributed by atoms with Crippen molar-refractivity contribution >= 4 is 22.6 Å². The van der Waals surface area contributed by atoms with Crippen LogP contribution in [0.3, 0.4) is 0 Å². The van der Waals surface area contributed by atoms with Crippen LogP contribution in [-0.4, -0.2) is 72.6 Å². The molecule has 0 aromatic rings. The average molecular weight is 649 g/mol. The lowest BCUT2D eigenvalue weighted by Crippen LogP contribution is -2.46. The number of unbranched alkanes of at least 4 members (excludes halogenated alkanes) is 4. The second-order valence-corrected chi connectivity index (χ2v) is 25.1. The summed E-state index contributed by atoms with van der Waals surface area (Å²) in [4.78, 5) is 13.6. The number of aliphatic hydroxyl groups excluding tert-OH is 1. The van der Waals surface area contributed by atoms with Crippen LogP contribution in [0.2, 0.25) is 36.3 Å². The van der Waals surface area contributed by atoms with Crippen LogP contribution in [0, 0.1) is 0 Å².